The van der Waals surface area contributed by atoms with Crippen molar-refractivity contribution in [1.82, 2.24) is 14.8 Å². The predicted molar refractivity (Wildman–Crippen MR) is 78.4 cm³/mol. The Morgan fingerprint density at radius 2 is 1.90 bits per heavy atom. The molecular weight excluding hydrogens is 290 g/mol. The highest BCUT2D eigenvalue weighted by Gasteiger charge is 2.15. The van der Waals surface area contributed by atoms with Crippen LogP contribution >= 0.6 is 11.6 Å². The van der Waals surface area contributed by atoms with Crippen LogP contribution < -0.4 is 0 Å². The van der Waals surface area contributed by atoms with Gasteiger partial charge in [0.2, 0.25) is 0 Å². The number of hydrogen-bond acceptors (Lipinski definition) is 4. The molecule has 0 N–H and O–H groups in total. The number of aryl methyl sites for hydroxylation is 2. The first-order valence-electron chi connectivity index (χ1n) is 6.35. The first kappa shape index (κ1) is 13.6. The maximum absolute atomic E-state index is 12.3. The highest BCUT2D eigenvalue weighted by molar-refractivity contribution is 6.30. The van der Waals surface area contributed by atoms with E-state index in [1.54, 1.807) is 43.5 Å². The Morgan fingerprint density at radius 3 is 2.52 bits per heavy atom. The molecule has 0 radical (unpaired) electrons. The Bertz CT molecular complexity index is 803. The molecule has 0 unspecified atom stereocenters. The van der Waals surface area contributed by atoms with Crippen LogP contribution in [0.25, 0.3) is 11.5 Å². The molecule has 2 heterocycles. The summed E-state index contributed by atoms with van der Waals surface area (Å²) in [5.41, 5.74) is 1.84. The molecule has 0 atom stereocenters. The van der Waals surface area contributed by atoms with E-state index in [4.69, 9.17) is 16.0 Å². The summed E-state index contributed by atoms with van der Waals surface area (Å²) < 4.78 is 6.77. The normalized spacial score (nSPS) is 10.8. The van der Waals surface area contributed by atoms with Crippen molar-refractivity contribution in [1.29, 1.82) is 0 Å². The second kappa shape index (κ2) is 5.18. The lowest BCUT2D eigenvalue weighted by Gasteiger charge is -2.00. The van der Waals surface area contributed by atoms with Crippen LogP contribution in [0, 0.1) is 13.8 Å². The average molecular weight is 302 g/mol. The molecule has 1 aromatic carbocycles. The average Bonchev–Trinajstić information content (AvgIpc) is 3.05. The fourth-order valence-corrected chi connectivity index (χ4v) is 2.18. The maximum atomic E-state index is 12.3. The van der Waals surface area contributed by atoms with E-state index in [9.17, 15) is 4.79 Å². The molecule has 0 saturated carbocycles. The van der Waals surface area contributed by atoms with E-state index in [1.807, 2.05) is 6.92 Å². The number of carbonyl (C=O) groups is 1. The lowest BCUT2D eigenvalue weighted by atomic mass is 10.2. The lowest BCUT2D eigenvalue weighted by Crippen LogP contribution is -2.12. The quantitative estimate of drug-likeness (QED) is 0.727. The minimum absolute atomic E-state index is 0.230. The third kappa shape index (κ3) is 2.60. The van der Waals surface area contributed by atoms with Crippen LogP contribution in [0.3, 0.4) is 0 Å². The number of halogens is 1. The van der Waals surface area contributed by atoms with Gasteiger partial charge in [0.05, 0.1) is 5.69 Å². The van der Waals surface area contributed by atoms with E-state index in [0.29, 0.717) is 27.9 Å². The number of carbonyl (C=O) groups excluding carboxylic acids is 1. The van der Waals surface area contributed by atoms with Crippen molar-refractivity contribution < 1.29 is 9.21 Å². The molecule has 0 fully saturated rings. The number of benzene rings is 1. The van der Waals surface area contributed by atoms with Crippen molar-refractivity contribution in [3.05, 3.63) is 58.7 Å². The van der Waals surface area contributed by atoms with Gasteiger partial charge in [0.15, 0.2) is 11.7 Å². The summed E-state index contributed by atoms with van der Waals surface area (Å²) in [4.78, 5) is 16.5. The molecule has 3 aromatic rings. The van der Waals surface area contributed by atoms with Gasteiger partial charge in [-0.3, -0.25) is 4.79 Å². The van der Waals surface area contributed by atoms with E-state index in [-0.39, 0.29) is 5.91 Å². The molecule has 5 nitrogen and oxygen atoms in total. The van der Waals surface area contributed by atoms with E-state index in [0.717, 1.165) is 5.69 Å². The summed E-state index contributed by atoms with van der Waals surface area (Å²) in [6, 6.07) is 8.39. The zero-order chi connectivity index (χ0) is 15.0. The van der Waals surface area contributed by atoms with E-state index in [2.05, 4.69) is 10.1 Å². The third-order valence-corrected chi connectivity index (χ3v) is 3.28. The summed E-state index contributed by atoms with van der Waals surface area (Å²) in [5.74, 6) is 0.919. The minimum atomic E-state index is -0.230. The largest absolute Gasteiger partial charge is 0.439 e. The smallest absolute Gasteiger partial charge is 0.278 e. The number of nitrogens with zero attached hydrogens (tertiary/aromatic N) is 3. The summed E-state index contributed by atoms with van der Waals surface area (Å²) >= 11 is 5.81. The van der Waals surface area contributed by atoms with Crippen molar-refractivity contribution in [3.8, 4) is 11.5 Å². The van der Waals surface area contributed by atoms with Gasteiger partial charge in [-0.25, -0.2) is 9.67 Å². The van der Waals surface area contributed by atoms with Gasteiger partial charge in [-0.2, -0.15) is 5.10 Å². The highest BCUT2D eigenvalue weighted by atomic mass is 35.5. The molecule has 3 rings (SSSR count). The van der Waals surface area contributed by atoms with Crippen molar-refractivity contribution in [2.75, 3.05) is 0 Å². The number of hydrogen-bond donors (Lipinski definition) is 0. The fraction of sp³-hybridized carbons (Fsp3) is 0.133. The van der Waals surface area contributed by atoms with E-state index < -0.39 is 0 Å². The highest BCUT2D eigenvalue weighted by Crippen LogP contribution is 2.22. The van der Waals surface area contributed by atoms with E-state index in [1.165, 1.54) is 4.68 Å². The molecule has 0 spiro atoms. The van der Waals surface area contributed by atoms with Crippen LogP contribution in [0.5, 0.6) is 0 Å². The van der Waals surface area contributed by atoms with Crippen LogP contribution in [-0.2, 0) is 0 Å². The summed E-state index contributed by atoms with van der Waals surface area (Å²) in [5, 5.41) is 4.84. The zero-order valence-corrected chi connectivity index (χ0v) is 12.3. The van der Waals surface area contributed by atoms with Gasteiger partial charge in [-0.05, 0) is 37.3 Å². The molecule has 21 heavy (non-hydrogen) atoms. The summed E-state index contributed by atoms with van der Waals surface area (Å²) in [6.07, 6.45) is 1.60. The predicted octanol–water partition coefficient (Wildman–Crippen LogP) is 3.50. The van der Waals surface area contributed by atoms with Crippen LogP contribution in [0.15, 0.2) is 40.9 Å². The van der Waals surface area contributed by atoms with Crippen molar-refractivity contribution in [2.24, 2.45) is 0 Å². The second-order valence-corrected chi connectivity index (χ2v) is 5.04. The number of rotatable bonds is 2. The van der Waals surface area contributed by atoms with Gasteiger partial charge in [-0.15, -0.1) is 0 Å². The van der Waals surface area contributed by atoms with Gasteiger partial charge in [0, 0.05) is 23.7 Å². The Kier molecular flexibility index (Phi) is 3.35. The number of aromatic nitrogens is 3. The number of oxazole rings is 1. The maximum Gasteiger partial charge on any atom is 0.278 e. The lowest BCUT2D eigenvalue weighted by molar-refractivity contribution is 0.0945. The van der Waals surface area contributed by atoms with Gasteiger partial charge >= 0.3 is 0 Å². The van der Waals surface area contributed by atoms with Crippen LogP contribution in [-0.4, -0.2) is 20.7 Å². The molecule has 2 aromatic heterocycles. The molecule has 0 aliphatic heterocycles. The van der Waals surface area contributed by atoms with Gasteiger partial charge in [-0.1, -0.05) is 11.6 Å². The molecule has 6 heteroatoms. The van der Waals surface area contributed by atoms with Gasteiger partial charge in [0.25, 0.3) is 5.91 Å². The Morgan fingerprint density at radius 1 is 1.19 bits per heavy atom. The molecule has 0 aliphatic rings. The summed E-state index contributed by atoms with van der Waals surface area (Å²) in [7, 11) is 0. The third-order valence-electron chi connectivity index (χ3n) is 3.02. The van der Waals surface area contributed by atoms with Crippen LogP contribution in [0.2, 0.25) is 5.02 Å². The van der Waals surface area contributed by atoms with Crippen molar-refractivity contribution in [3.63, 3.8) is 0 Å². The zero-order valence-electron chi connectivity index (χ0n) is 11.5. The summed E-state index contributed by atoms with van der Waals surface area (Å²) in [6.45, 7) is 3.61. The van der Waals surface area contributed by atoms with Gasteiger partial charge < -0.3 is 4.42 Å². The molecule has 106 valence electrons. The minimum Gasteiger partial charge on any atom is -0.439 e. The van der Waals surface area contributed by atoms with E-state index >= 15 is 0 Å². The molecule has 0 amide bonds. The monoisotopic (exact) mass is 301 g/mol. The molecule has 0 saturated heterocycles. The van der Waals surface area contributed by atoms with Crippen LogP contribution in [0.1, 0.15) is 21.9 Å². The van der Waals surface area contributed by atoms with Gasteiger partial charge in [0.1, 0.15) is 5.69 Å². The Labute approximate surface area is 126 Å². The first-order chi connectivity index (χ1) is 10.0. The molecule has 0 aliphatic carbocycles. The Balaban J connectivity index is 1.93. The standard InChI is InChI=1S/C15H12ClN3O2/c1-9-14(21-10(2)17-9)13-7-8-19(18-13)15(20)11-3-5-12(16)6-4-11/h3-8H,1-2H3. The van der Waals surface area contributed by atoms with Crippen molar-refractivity contribution in [2.45, 2.75) is 13.8 Å². The molecule has 0 bridgehead atoms. The SMILES string of the molecule is Cc1nc(C)c(-c2ccn(C(=O)c3ccc(Cl)cc3)n2)o1. The first-order valence-corrected chi connectivity index (χ1v) is 6.73. The van der Waals surface area contributed by atoms with Crippen molar-refractivity contribution >= 4 is 17.5 Å². The topological polar surface area (TPSA) is 60.9 Å². The van der Waals surface area contributed by atoms with Crippen LogP contribution in [0.4, 0.5) is 0 Å². The molecular formula is C15H12ClN3O2. The fourth-order valence-electron chi connectivity index (χ4n) is 2.05. The Hall–Kier alpha value is -2.40. The second-order valence-electron chi connectivity index (χ2n) is 4.61.